The number of thiophene rings is 1. The number of nitrogens with zero attached hydrogens (tertiary/aromatic N) is 2. The minimum absolute atomic E-state index is 1.05. The van der Waals surface area contributed by atoms with E-state index in [-0.39, 0.29) is 0 Å². The van der Waals surface area contributed by atoms with Crippen LogP contribution in [0.15, 0.2) is 35.0 Å². The zero-order valence-corrected chi connectivity index (χ0v) is 14.8. The molecule has 0 aliphatic carbocycles. The summed E-state index contributed by atoms with van der Waals surface area (Å²) >= 11 is 1.76. The first-order valence-corrected chi connectivity index (χ1v) is 9.09. The molecule has 0 fully saturated rings. The first-order valence-electron chi connectivity index (χ1n) is 8.15. The summed E-state index contributed by atoms with van der Waals surface area (Å²) in [4.78, 5) is 2.42. The van der Waals surface area contributed by atoms with Gasteiger partial charge < -0.3 is 9.47 Å². The number of allylic oxidation sites excluding steroid dienone is 1. The van der Waals surface area contributed by atoms with Crippen LogP contribution in [0.5, 0.6) is 0 Å². The lowest BCUT2D eigenvalue weighted by Gasteiger charge is -2.23. The highest BCUT2D eigenvalue weighted by atomic mass is 32.1. The minimum atomic E-state index is 1.05. The maximum absolute atomic E-state index is 2.43. The molecule has 4 rings (SSSR count). The fraction of sp³-hybridized carbons (Fsp3) is 0.300. The standard InChI is InChI=1S/C20H22N2S/c1-14-4-5-19-17(10-14)18-12-21(3)8-6-20(18)22(19)11-15(2)16-7-9-23-13-16/h4-5,7,9-11,13H,6,8,12H2,1-3H3. The van der Waals surface area contributed by atoms with E-state index in [0.29, 0.717) is 0 Å². The smallest absolute Gasteiger partial charge is 0.0529 e. The second-order valence-corrected chi connectivity index (χ2v) is 7.41. The summed E-state index contributed by atoms with van der Waals surface area (Å²) in [7, 11) is 2.22. The van der Waals surface area contributed by atoms with E-state index in [0.717, 1.165) is 19.5 Å². The summed E-state index contributed by atoms with van der Waals surface area (Å²) in [6.45, 7) is 6.58. The Hall–Kier alpha value is -1.84. The molecule has 118 valence electrons. The molecule has 1 aromatic carbocycles. The van der Waals surface area contributed by atoms with Gasteiger partial charge in [0.25, 0.3) is 0 Å². The largest absolute Gasteiger partial charge is 0.320 e. The summed E-state index contributed by atoms with van der Waals surface area (Å²) in [6, 6.07) is 9.05. The molecule has 0 amide bonds. The predicted molar refractivity (Wildman–Crippen MR) is 101 cm³/mol. The first kappa shape index (κ1) is 14.7. The van der Waals surface area contributed by atoms with Crippen LogP contribution < -0.4 is 0 Å². The second kappa shape index (κ2) is 5.66. The van der Waals surface area contributed by atoms with Crippen molar-refractivity contribution in [3.05, 3.63) is 57.4 Å². The van der Waals surface area contributed by atoms with E-state index in [1.807, 2.05) is 0 Å². The molecule has 3 aromatic rings. The summed E-state index contributed by atoms with van der Waals surface area (Å²) in [5, 5.41) is 5.79. The number of fused-ring (bicyclic) bond motifs is 3. The lowest BCUT2D eigenvalue weighted by Crippen LogP contribution is -2.26. The summed E-state index contributed by atoms with van der Waals surface area (Å²) in [5.74, 6) is 0. The average Bonchev–Trinajstić information content (AvgIpc) is 3.15. The van der Waals surface area contributed by atoms with Gasteiger partial charge in [-0.05, 0) is 66.6 Å². The molecule has 0 spiro atoms. The number of likely N-dealkylation sites (N-methyl/N-ethyl adjacent to an activating group) is 1. The Morgan fingerprint density at radius 3 is 2.91 bits per heavy atom. The van der Waals surface area contributed by atoms with Crippen LogP contribution in [0.2, 0.25) is 0 Å². The lowest BCUT2D eigenvalue weighted by atomic mass is 10.0. The molecule has 0 unspecified atom stereocenters. The SMILES string of the molecule is CC(=Cn1c2c(c3cc(C)ccc31)CN(C)CC2)c1ccsc1. The van der Waals surface area contributed by atoms with Crippen LogP contribution in [-0.4, -0.2) is 23.1 Å². The topological polar surface area (TPSA) is 8.17 Å². The van der Waals surface area contributed by atoms with Crippen LogP contribution in [0, 0.1) is 6.92 Å². The van der Waals surface area contributed by atoms with Crippen molar-refractivity contribution in [2.24, 2.45) is 0 Å². The van der Waals surface area contributed by atoms with E-state index < -0.39 is 0 Å². The number of hydrogen-bond acceptors (Lipinski definition) is 2. The summed E-state index contributed by atoms with van der Waals surface area (Å²) < 4.78 is 2.43. The summed E-state index contributed by atoms with van der Waals surface area (Å²) in [6.07, 6.45) is 3.44. The highest BCUT2D eigenvalue weighted by Crippen LogP contribution is 2.32. The Balaban J connectivity index is 1.94. The van der Waals surface area contributed by atoms with Gasteiger partial charge in [0.2, 0.25) is 0 Å². The monoisotopic (exact) mass is 322 g/mol. The molecule has 2 aromatic heterocycles. The summed E-state index contributed by atoms with van der Waals surface area (Å²) in [5.41, 5.74) is 8.32. The number of hydrogen-bond donors (Lipinski definition) is 0. The molecule has 0 bridgehead atoms. The molecule has 0 saturated heterocycles. The molecule has 0 N–H and O–H groups in total. The van der Waals surface area contributed by atoms with Crippen molar-refractivity contribution in [3.8, 4) is 0 Å². The molecule has 0 saturated carbocycles. The number of rotatable bonds is 2. The number of aromatic nitrogens is 1. The quantitative estimate of drug-likeness (QED) is 0.643. The molecule has 1 aliphatic rings. The Morgan fingerprint density at radius 1 is 1.26 bits per heavy atom. The van der Waals surface area contributed by atoms with Crippen LogP contribution >= 0.6 is 11.3 Å². The van der Waals surface area contributed by atoms with Crippen LogP contribution in [0.4, 0.5) is 0 Å². The molecular weight excluding hydrogens is 300 g/mol. The van der Waals surface area contributed by atoms with Gasteiger partial charge in [0.05, 0.1) is 5.52 Å². The zero-order chi connectivity index (χ0) is 16.0. The molecule has 0 atom stereocenters. The third-order valence-corrected chi connectivity index (χ3v) is 5.52. The molecule has 1 aliphatic heterocycles. The molecule has 3 heteroatoms. The predicted octanol–water partition coefficient (Wildman–Crippen LogP) is 5.02. The average molecular weight is 322 g/mol. The Kier molecular flexibility index (Phi) is 3.63. The van der Waals surface area contributed by atoms with Crippen molar-refractivity contribution in [3.63, 3.8) is 0 Å². The van der Waals surface area contributed by atoms with Gasteiger partial charge in [-0.25, -0.2) is 0 Å². The van der Waals surface area contributed by atoms with Gasteiger partial charge in [-0.3, -0.25) is 0 Å². The second-order valence-electron chi connectivity index (χ2n) is 6.63. The van der Waals surface area contributed by atoms with Gasteiger partial charge in [0.1, 0.15) is 0 Å². The third-order valence-electron chi connectivity index (χ3n) is 4.83. The third kappa shape index (κ3) is 2.54. The van der Waals surface area contributed by atoms with Crippen LogP contribution in [-0.2, 0) is 13.0 Å². The van der Waals surface area contributed by atoms with E-state index in [1.165, 1.54) is 38.9 Å². The fourth-order valence-corrected chi connectivity index (χ4v) is 4.26. The van der Waals surface area contributed by atoms with Crippen LogP contribution in [0.3, 0.4) is 0 Å². The Bertz CT molecular complexity index is 884. The molecule has 0 radical (unpaired) electrons. The van der Waals surface area contributed by atoms with Gasteiger partial charge in [-0.15, -0.1) is 0 Å². The van der Waals surface area contributed by atoms with E-state index in [2.05, 4.69) is 71.6 Å². The van der Waals surface area contributed by atoms with Crippen LogP contribution in [0.25, 0.3) is 22.7 Å². The molecular formula is C20H22N2S. The van der Waals surface area contributed by atoms with Crippen molar-refractivity contribution in [2.75, 3.05) is 13.6 Å². The van der Waals surface area contributed by atoms with Crippen molar-refractivity contribution >= 4 is 34.0 Å². The van der Waals surface area contributed by atoms with Gasteiger partial charge in [0.15, 0.2) is 0 Å². The van der Waals surface area contributed by atoms with E-state index >= 15 is 0 Å². The fourth-order valence-electron chi connectivity index (χ4n) is 3.55. The van der Waals surface area contributed by atoms with Crippen molar-refractivity contribution in [2.45, 2.75) is 26.8 Å². The van der Waals surface area contributed by atoms with Gasteiger partial charge >= 0.3 is 0 Å². The van der Waals surface area contributed by atoms with Crippen LogP contribution in [0.1, 0.15) is 29.3 Å². The maximum Gasteiger partial charge on any atom is 0.0529 e. The molecule has 23 heavy (non-hydrogen) atoms. The van der Waals surface area contributed by atoms with Gasteiger partial charge in [-0.2, -0.15) is 11.3 Å². The van der Waals surface area contributed by atoms with Gasteiger partial charge in [0, 0.05) is 36.8 Å². The zero-order valence-electron chi connectivity index (χ0n) is 14.0. The highest BCUT2D eigenvalue weighted by Gasteiger charge is 2.21. The van der Waals surface area contributed by atoms with E-state index in [1.54, 1.807) is 11.3 Å². The highest BCUT2D eigenvalue weighted by molar-refractivity contribution is 7.08. The first-order chi connectivity index (χ1) is 11.1. The van der Waals surface area contributed by atoms with Crippen molar-refractivity contribution < 1.29 is 0 Å². The number of benzene rings is 1. The van der Waals surface area contributed by atoms with Crippen molar-refractivity contribution in [1.29, 1.82) is 0 Å². The minimum Gasteiger partial charge on any atom is -0.320 e. The van der Waals surface area contributed by atoms with E-state index in [9.17, 15) is 0 Å². The van der Waals surface area contributed by atoms with Crippen molar-refractivity contribution in [1.82, 2.24) is 9.47 Å². The Labute approximate surface area is 141 Å². The van der Waals surface area contributed by atoms with Gasteiger partial charge in [-0.1, -0.05) is 11.6 Å². The number of aryl methyl sites for hydroxylation is 1. The lowest BCUT2D eigenvalue weighted by molar-refractivity contribution is 0.312. The maximum atomic E-state index is 2.43. The molecule has 3 heterocycles. The normalized spacial score (nSPS) is 16.0. The van der Waals surface area contributed by atoms with E-state index in [4.69, 9.17) is 0 Å². The Morgan fingerprint density at radius 2 is 2.13 bits per heavy atom. The molecule has 2 nitrogen and oxygen atoms in total.